The summed E-state index contributed by atoms with van der Waals surface area (Å²) in [5.41, 5.74) is 0.656. The predicted molar refractivity (Wildman–Crippen MR) is 119 cm³/mol. The largest absolute Gasteiger partial charge is 0.337 e. The zero-order chi connectivity index (χ0) is 20.8. The number of hydrogen-bond donors (Lipinski definition) is 1. The fourth-order valence-electron chi connectivity index (χ4n) is 5.71. The van der Waals surface area contributed by atoms with Gasteiger partial charge in [-0.1, -0.05) is 26.2 Å². The van der Waals surface area contributed by atoms with Gasteiger partial charge in [0.05, 0.1) is 11.9 Å². The molecule has 2 aromatic heterocycles. The Bertz CT molecular complexity index is 1070. The van der Waals surface area contributed by atoms with Gasteiger partial charge in [0.1, 0.15) is 4.83 Å². The minimum Gasteiger partial charge on any atom is -0.337 e. The molecule has 2 aromatic rings. The van der Waals surface area contributed by atoms with E-state index >= 15 is 0 Å². The lowest BCUT2D eigenvalue weighted by molar-refractivity contribution is -0.137. The van der Waals surface area contributed by atoms with E-state index in [9.17, 15) is 14.4 Å². The van der Waals surface area contributed by atoms with E-state index in [4.69, 9.17) is 0 Å². The second-order valence-corrected chi connectivity index (χ2v) is 10.7. The molecule has 0 bridgehead atoms. The van der Waals surface area contributed by atoms with Crippen LogP contribution in [0.3, 0.4) is 0 Å². The molecule has 2 aliphatic carbocycles. The first-order valence-corrected chi connectivity index (χ1v) is 12.4. The summed E-state index contributed by atoms with van der Waals surface area (Å²) in [7, 11) is 0. The molecule has 0 aromatic carbocycles. The van der Waals surface area contributed by atoms with Gasteiger partial charge in [-0.05, 0) is 56.4 Å². The molecule has 0 saturated heterocycles. The molecule has 2 fully saturated rings. The molecule has 162 valence electrons. The van der Waals surface area contributed by atoms with Crippen LogP contribution in [-0.2, 0) is 17.8 Å². The Morgan fingerprint density at radius 1 is 1.03 bits per heavy atom. The number of aromatic nitrogens is 2. The number of nitrogens with one attached hydrogen (secondary N) is 1. The van der Waals surface area contributed by atoms with Crippen molar-refractivity contribution >= 4 is 27.5 Å². The number of hydrogen-bond acceptors (Lipinski definition) is 4. The average Bonchev–Trinajstić information content (AvgIpc) is 3.12. The van der Waals surface area contributed by atoms with Crippen LogP contribution in [0.5, 0.6) is 0 Å². The van der Waals surface area contributed by atoms with E-state index in [2.05, 4.69) is 11.9 Å². The SMILES string of the molecule is CC1CCC(C(=O)N2CCc3c(sc4[nH]c(=O)n(C5CCCCC5)c(=O)c34)C2)CC1. The van der Waals surface area contributed by atoms with Crippen LogP contribution in [0.1, 0.15) is 81.2 Å². The van der Waals surface area contributed by atoms with Crippen LogP contribution < -0.4 is 11.2 Å². The maximum absolute atomic E-state index is 13.3. The first kappa shape index (κ1) is 20.0. The number of carbonyl (C=O) groups excluding carboxylic acids is 1. The summed E-state index contributed by atoms with van der Waals surface area (Å²) in [6.07, 6.45) is 10.1. The smallest absolute Gasteiger partial charge is 0.329 e. The molecule has 0 atom stereocenters. The Kier molecular flexibility index (Phi) is 5.33. The Hall–Kier alpha value is -1.89. The second-order valence-electron chi connectivity index (χ2n) is 9.57. The van der Waals surface area contributed by atoms with Crippen LogP contribution in [-0.4, -0.2) is 26.9 Å². The van der Waals surface area contributed by atoms with E-state index in [0.717, 1.165) is 67.7 Å². The van der Waals surface area contributed by atoms with Crippen LogP contribution in [0.2, 0.25) is 0 Å². The molecular weight excluding hydrogens is 398 g/mol. The molecule has 0 radical (unpaired) electrons. The van der Waals surface area contributed by atoms with Crippen LogP contribution in [0, 0.1) is 11.8 Å². The Labute approximate surface area is 180 Å². The van der Waals surface area contributed by atoms with E-state index in [1.165, 1.54) is 22.3 Å². The number of amides is 1. The van der Waals surface area contributed by atoms with Crippen molar-refractivity contribution in [1.82, 2.24) is 14.5 Å². The lowest BCUT2D eigenvalue weighted by Gasteiger charge is -2.33. The third-order valence-corrected chi connectivity index (χ3v) is 8.68. The van der Waals surface area contributed by atoms with Crippen molar-refractivity contribution in [1.29, 1.82) is 0 Å². The minimum absolute atomic E-state index is 0.0188. The first-order valence-electron chi connectivity index (χ1n) is 11.6. The van der Waals surface area contributed by atoms with Gasteiger partial charge in [0.2, 0.25) is 5.91 Å². The van der Waals surface area contributed by atoms with Gasteiger partial charge in [-0.2, -0.15) is 0 Å². The average molecular weight is 430 g/mol. The Morgan fingerprint density at radius 2 is 1.77 bits per heavy atom. The van der Waals surface area contributed by atoms with E-state index in [1.807, 2.05) is 4.90 Å². The highest BCUT2D eigenvalue weighted by atomic mass is 32.1. The topological polar surface area (TPSA) is 75.2 Å². The van der Waals surface area contributed by atoms with Crippen LogP contribution in [0.4, 0.5) is 0 Å². The summed E-state index contributed by atoms with van der Waals surface area (Å²) in [6.45, 7) is 3.52. The van der Waals surface area contributed by atoms with Crippen molar-refractivity contribution in [3.63, 3.8) is 0 Å². The van der Waals surface area contributed by atoms with Gasteiger partial charge in [0.15, 0.2) is 0 Å². The van der Waals surface area contributed by atoms with Gasteiger partial charge in [-0.25, -0.2) is 4.79 Å². The molecule has 0 unspecified atom stereocenters. The van der Waals surface area contributed by atoms with E-state index in [1.54, 1.807) is 0 Å². The normalized spacial score (nSPS) is 25.4. The maximum atomic E-state index is 13.3. The molecule has 30 heavy (non-hydrogen) atoms. The van der Waals surface area contributed by atoms with Gasteiger partial charge in [-0.15, -0.1) is 11.3 Å². The molecule has 3 aliphatic rings. The third kappa shape index (κ3) is 3.45. The predicted octanol–water partition coefficient (Wildman–Crippen LogP) is 3.97. The van der Waals surface area contributed by atoms with Crippen molar-refractivity contribution < 1.29 is 4.79 Å². The summed E-state index contributed by atoms with van der Waals surface area (Å²) in [5, 5.41) is 0.693. The van der Waals surface area contributed by atoms with Gasteiger partial charge >= 0.3 is 5.69 Å². The third-order valence-electron chi connectivity index (χ3n) is 7.55. The van der Waals surface area contributed by atoms with Crippen molar-refractivity contribution in [3.8, 4) is 0 Å². The van der Waals surface area contributed by atoms with E-state index in [0.29, 0.717) is 29.7 Å². The molecule has 6 nitrogen and oxygen atoms in total. The van der Waals surface area contributed by atoms with Gasteiger partial charge < -0.3 is 4.90 Å². The highest BCUT2D eigenvalue weighted by Crippen LogP contribution is 2.35. The van der Waals surface area contributed by atoms with Crippen molar-refractivity contribution in [2.45, 2.75) is 83.7 Å². The molecule has 2 saturated carbocycles. The summed E-state index contributed by atoms with van der Waals surface area (Å²) >= 11 is 1.49. The van der Waals surface area contributed by atoms with Crippen LogP contribution >= 0.6 is 11.3 Å². The van der Waals surface area contributed by atoms with Gasteiger partial charge in [0, 0.05) is 23.4 Å². The highest BCUT2D eigenvalue weighted by molar-refractivity contribution is 7.18. The maximum Gasteiger partial charge on any atom is 0.329 e. The number of thiophene rings is 1. The monoisotopic (exact) mass is 429 g/mol. The number of aromatic amines is 1. The number of nitrogens with zero attached hydrogens (tertiary/aromatic N) is 2. The van der Waals surface area contributed by atoms with E-state index < -0.39 is 0 Å². The number of carbonyl (C=O) groups is 1. The molecule has 1 amide bonds. The van der Waals surface area contributed by atoms with Gasteiger partial charge in [-0.3, -0.25) is 19.1 Å². The number of H-pyrrole nitrogens is 1. The van der Waals surface area contributed by atoms with E-state index in [-0.39, 0.29) is 29.1 Å². The zero-order valence-electron chi connectivity index (χ0n) is 17.7. The molecule has 1 N–H and O–H groups in total. The quantitative estimate of drug-likeness (QED) is 0.785. The lowest BCUT2D eigenvalue weighted by Crippen LogP contribution is -2.41. The Balaban J connectivity index is 1.44. The molecule has 5 rings (SSSR count). The Morgan fingerprint density at radius 3 is 2.50 bits per heavy atom. The number of rotatable bonds is 2. The van der Waals surface area contributed by atoms with Crippen molar-refractivity contribution in [2.75, 3.05) is 6.54 Å². The fraction of sp³-hybridized carbons (Fsp3) is 0.696. The number of fused-ring (bicyclic) bond motifs is 3. The van der Waals surface area contributed by atoms with Crippen LogP contribution in [0.25, 0.3) is 10.2 Å². The molecule has 3 heterocycles. The molecular formula is C23H31N3O3S. The first-order chi connectivity index (χ1) is 14.5. The summed E-state index contributed by atoms with van der Waals surface area (Å²) in [5.74, 6) is 1.16. The summed E-state index contributed by atoms with van der Waals surface area (Å²) in [4.78, 5) is 45.9. The molecule has 1 aliphatic heterocycles. The second kappa shape index (κ2) is 7.98. The zero-order valence-corrected chi connectivity index (χ0v) is 18.6. The lowest BCUT2D eigenvalue weighted by atomic mass is 9.82. The minimum atomic E-state index is -0.276. The molecule has 0 spiro atoms. The molecule has 7 heteroatoms. The van der Waals surface area contributed by atoms with Crippen LogP contribution in [0.15, 0.2) is 9.59 Å². The standard InChI is InChI=1S/C23H31N3O3S/c1-14-7-9-15(10-8-14)21(27)25-12-11-17-18(13-25)30-20-19(17)22(28)26(23(29)24-20)16-5-3-2-4-6-16/h14-16H,2-13H2,1H3,(H,24,29). The van der Waals surface area contributed by atoms with Gasteiger partial charge in [0.25, 0.3) is 5.56 Å². The van der Waals surface area contributed by atoms with Crippen molar-refractivity contribution in [2.24, 2.45) is 11.8 Å². The van der Waals surface area contributed by atoms with Crippen molar-refractivity contribution in [3.05, 3.63) is 31.3 Å². The highest BCUT2D eigenvalue weighted by Gasteiger charge is 2.32. The summed E-state index contributed by atoms with van der Waals surface area (Å²) < 4.78 is 1.48. The summed E-state index contributed by atoms with van der Waals surface area (Å²) in [6, 6.07) is 0.0188. The fourth-order valence-corrected chi connectivity index (χ4v) is 6.96.